The molecule has 1 aromatic heterocycles. The van der Waals surface area contributed by atoms with Gasteiger partial charge in [-0.05, 0) is 37.7 Å². The average molecular weight is 316 g/mol. The van der Waals surface area contributed by atoms with E-state index < -0.39 is 16.2 Å². The molecule has 6 nitrogen and oxygen atoms in total. The largest absolute Gasteiger partial charge is 0.478 e. The molecular weight excluding hydrogens is 300 g/mol. The van der Waals surface area contributed by atoms with Crippen molar-refractivity contribution in [3.8, 4) is 0 Å². The molecule has 0 radical (unpaired) electrons. The van der Waals surface area contributed by atoms with Crippen LogP contribution in [-0.4, -0.2) is 36.9 Å². The van der Waals surface area contributed by atoms with Crippen molar-refractivity contribution in [2.45, 2.75) is 32.1 Å². The summed E-state index contributed by atoms with van der Waals surface area (Å²) in [5, 5.41) is 9.60. The number of carboxylic acid groups (broad SMARTS) is 1. The first kappa shape index (κ1) is 13.8. The fourth-order valence-corrected chi connectivity index (χ4v) is 5.63. The molecule has 0 unspecified atom stereocenters. The highest BCUT2D eigenvalue weighted by Gasteiger charge is 2.31. The molecule has 0 bridgehead atoms. The second kappa shape index (κ2) is 5.01. The van der Waals surface area contributed by atoms with E-state index in [0.29, 0.717) is 13.1 Å². The van der Waals surface area contributed by atoms with E-state index in [4.69, 9.17) is 0 Å². The Morgan fingerprint density at radius 3 is 2.55 bits per heavy atom. The zero-order valence-electron chi connectivity index (χ0n) is 10.9. The number of anilines is 1. The average Bonchev–Trinajstić information content (AvgIpc) is 3.02. The van der Waals surface area contributed by atoms with E-state index >= 15 is 0 Å². The van der Waals surface area contributed by atoms with Crippen LogP contribution in [0.3, 0.4) is 0 Å². The fraction of sp³-hybridized carbons (Fsp3) is 0.583. The molecule has 0 atom stereocenters. The van der Waals surface area contributed by atoms with Crippen LogP contribution in [0.15, 0.2) is 0 Å². The van der Waals surface area contributed by atoms with Gasteiger partial charge in [0.1, 0.15) is 5.00 Å². The number of fused-ring (bicyclic) bond motifs is 1. The zero-order chi connectivity index (χ0) is 14.3. The Kier molecular flexibility index (Phi) is 3.47. The van der Waals surface area contributed by atoms with E-state index in [0.717, 1.165) is 42.5 Å². The smallest absolute Gasteiger partial charge is 0.339 e. The maximum Gasteiger partial charge on any atom is 0.339 e. The van der Waals surface area contributed by atoms with Gasteiger partial charge in [-0.3, -0.25) is 4.72 Å². The Morgan fingerprint density at radius 2 is 1.90 bits per heavy atom. The second-order valence-electron chi connectivity index (χ2n) is 5.08. The number of hydrogen-bond donors (Lipinski definition) is 2. The SMILES string of the molecule is O=C(O)c1c(NS(=O)(=O)N2CCCC2)sc2c1CCC2. The molecule has 1 aromatic rings. The molecule has 2 heterocycles. The second-order valence-corrected chi connectivity index (χ2v) is 7.86. The molecule has 2 N–H and O–H groups in total. The van der Waals surface area contributed by atoms with E-state index in [-0.39, 0.29) is 10.6 Å². The Bertz CT molecular complexity index is 645. The number of aryl methyl sites for hydroxylation is 1. The number of nitrogens with zero attached hydrogens (tertiary/aromatic N) is 1. The first-order chi connectivity index (χ1) is 9.49. The third-order valence-electron chi connectivity index (χ3n) is 3.76. The third kappa shape index (κ3) is 2.32. The summed E-state index contributed by atoms with van der Waals surface area (Å²) >= 11 is 1.26. The van der Waals surface area contributed by atoms with Gasteiger partial charge in [-0.25, -0.2) is 4.79 Å². The molecule has 1 fully saturated rings. The Labute approximate surface area is 121 Å². The minimum atomic E-state index is -3.63. The lowest BCUT2D eigenvalue weighted by atomic mass is 10.1. The number of carboxylic acids is 1. The van der Waals surface area contributed by atoms with Gasteiger partial charge in [-0.15, -0.1) is 11.3 Å². The van der Waals surface area contributed by atoms with Crippen molar-refractivity contribution in [2.24, 2.45) is 0 Å². The maximum absolute atomic E-state index is 12.2. The van der Waals surface area contributed by atoms with Gasteiger partial charge in [-0.1, -0.05) is 0 Å². The number of hydrogen-bond acceptors (Lipinski definition) is 4. The monoisotopic (exact) mass is 316 g/mol. The summed E-state index contributed by atoms with van der Waals surface area (Å²) in [7, 11) is -3.63. The van der Waals surface area contributed by atoms with Gasteiger partial charge in [0.25, 0.3) is 0 Å². The normalized spacial score (nSPS) is 19.2. The van der Waals surface area contributed by atoms with Crippen LogP contribution < -0.4 is 4.72 Å². The highest BCUT2D eigenvalue weighted by molar-refractivity contribution is 7.90. The molecule has 1 aliphatic heterocycles. The first-order valence-electron chi connectivity index (χ1n) is 6.65. The fourth-order valence-electron chi connectivity index (χ4n) is 2.81. The lowest BCUT2D eigenvalue weighted by Crippen LogP contribution is -2.33. The lowest BCUT2D eigenvalue weighted by Gasteiger charge is -2.16. The summed E-state index contributed by atoms with van der Waals surface area (Å²) < 4.78 is 28.3. The molecule has 0 amide bonds. The van der Waals surface area contributed by atoms with Gasteiger partial charge in [0, 0.05) is 18.0 Å². The van der Waals surface area contributed by atoms with Crippen molar-refractivity contribution < 1.29 is 18.3 Å². The predicted molar refractivity (Wildman–Crippen MR) is 76.7 cm³/mol. The third-order valence-corrected chi connectivity index (χ3v) is 6.61. The van der Waals surface area contributed by atoms with Gasteiger partial charge in [0.05, 0.1) is 5.56 Å². The van der Waals surface area contributed by atoms with Crippen LogP contribution in [0.4, 0.5) is 5.00 Å². The van der Waals surface area contributed by atoms with Gasteiger partial charge in [0.2, 0.25) is 0 Å². The van der Waals surface area contributed by atoms with Crippen LogP contribution in [0, 0.1) is 0 Å². The van der Waals surface area contributed by atoms with Crippen LogP contribution in [0.25, 0.3) is 0 Å². The molecule has 2 aliphatic rings. The van der Waals surface area contributed by atoms with Crippen LogP contribution in [0.1, 0.15) is 40.1 Å². The van der Waals surface area contributed by atoms with Gasteiger partial charge in [-0.2, -0.15) is 12.7 Å². The van der Waals surface area contributed by atoms with Crippen molar-refractivity contribution in [3.63, 3.8) is 0 Å². The van der Waals surface area contributed by atoms with Crippen molar-refractivity contribution in [1.82, 2.24) is 4.31 Å². The molecule has 110 valence electrons. The number of carbonyl (C=O) groups is 1. The highest BCUT2D eigenvalue weighted by Crippen LogP contribution is 2.39. The first-order valence-corrected chi connectivity index (χ1v) is 8.90. The van der Waals surface area contributed by atoms with Crippen LogP contribution in [0.2, 0.25) is 0 Å². The molecule has 0 aromatic carbocycles. The van der Waals surface area contributed by atoms with Crippen molar-refractivity contribution in [2.75, 3.05) is 17.8 Å². The standard InChI is InChI=1S/C12H16N2O4S2/c15-12(16)10-8-4-3-5-9(8)19-11(10)13-20(17,18)14-6-1-2-7-14/h13H,1-7H2,(H,15,16). The van der Waals surface area contributed by atoms with E-state index in [2.05, 4.69) is 4.72 Å². The summed E-state index contributed by atoms with van der Waals surface area (Å²) in [4.78, 5) is 12.4. The predicted octanol–water partition coefficient (Wildman–Crippen LogP) is 1.69. The summed E-state index contributed by atoms with van der Waals surface area (Å²) in [5.41, 5.74) is 0.951. The van der Waals surface area contributed by atoms with Gasteiger partial charge >= 0.3 is 16.2 Å². The summed E-state index contributed by atoms with van der Waals surface area (Å²) in [6.07, 6.45) is 4.21. The lowest BCUT2D eigenvalue weighted by molar-refractivity contribution is 0.0697. The van der Waals surface area contributed by atoms with Crippen molar-refractivity contribution in [3.05, 3.63) is 16.0 Å². The molecule has 0 saturated carbocycles. The molecule has 8 heteroatoms. The van der Waals surface area contributed by atoms with E-state index in [9.17, 15) is 18.3 Å². The maximum atomic E-state index is 12.2. The van der Waals surface area contributed by atoms with E-state index in [1.807, 2.05) is 0 Å². The minimum Gasteiger partial charge on any atom is -0.478 e. The van der Waals surface area contributed by atoms with Crippen molar-refractivity contribution in [1.29, 1.82) is 0 Å². The summed E-state index contributed by atoms with van der Waals surface area (Å²) in [6.45, 7) is 1.01. The topological polar surface area (TPSA) is 86.7 Å². The molecule has 1 aliphatic carbocycles. The van der Waals surface area contributed by atoms with E-state index in [1.54, 1.807) is 0 Å². The number of nitrogens with one attached hydrogen (secondary N) is 1. The van der Waals surface area contributed by atoms with E-state index in [1.165, 1.54) is 15.6 Å². The van der Waals surface area contributed by atoms with Crippen LogP contribution >= 0.6 is 11.3 Å². The molecular formula is C12H16N2O4S2. The quantitative estimate of drug-likeness (QED) is 0.885. The molecule has 0 spiro atoms. The number of aromatic carboxylic acids is 1. The molecule has 3 rings (SSSR count). The van der Waals surface area contributed by atoms with Gasteiger partial charge < -0.3 is 5.11 Å². The Balaban J connectivity index is 1.93. The van der Waals surface area contributed by atoms with Gasteiger partial charge in [0.15, 0.2) is 0 Å². The molecule has 20 heavy (non-hydrogen) atoms. The number of rotatable bonds is 4. The highest BCUT2D eigenvalue weighted by atomic mass is 32.2. The summed E-state index contributed by atoms with van der Waals surface area (Å²) in [5.74, 6) is -1.05. The zero-order valence-corrected chi connectivity index (χ0v) is 12.5. The van der Waals surface area contributed by atoms with Crippen LogP contribution in [-0.2, 0) is 23.1 Å². The number of thiophene rings is 1. The molecule has 1 saturated heterocycles. The van der Waals surface area contributed by atoms with Crippen LogP contribution in [0.5, 0.6) is 0 Å². The minimum absolute atomic E-state index is 0.144. The Morgan fingerprint density at radius 1 is 1.20 bits per heavy atom. The van der Waals surface area contributed by atoms with Crippen molar-refractivity contribution >= 4 is 32.5 Å². The summed E-state index contributed by atoms with van der Waals surface area (Å²) in [6, 6.07) is 0. The Hall–Kier alpha value is -1.12.